The average Bonchev–Trinajstić information content (AvgIpc) is 2.67. The Bertz CT molecular complexity index is 937. The van der Waals surface area contributed by atoms with E-state index in [1.807, 2.05) is 13.8 Å². The Balaban J connectivity index is 1.50. The molecule has 0 bridgehead atoms. The maximum Gasteiger partial charge on any atom is 0.240 e. The van der Waals surface area contributed by atoms with E-state index in [0.29, 0.717) is 0 Å². The number of nitrogens with one attached hydrogen (secondary N) is 2. The molecule has 1 amide bonds. The number of carbonyl (C=O) groups excluding carboxylic acids is 1. The number of hydrogen-bond donors (Lipinski definition) is 2. The molecule has 28 heavy (non-hydrogen) atoms. The van der Waals surface area contributed by atoms with Crippen molar-refractivity contribution in [3.8, 4) is 0 Å². The van der Waals surface area contributed by atoms with Gasteiger partial charge in [-0.15, -0.1) is 0 Å². The number of carbonyl (C=O) groups is 1. The van der Waals surface area contributed by atoms with Crippen LogP contribution in [0.4, 0.5) is 0 Å². The molecule has 3 rings (SSSR count). The summed E-state index contributed by atoms with van der Waals surface area (Å²) in [6.07, 6.45) is 4.80. The summed E-state index contributed by atoms with van der Waals surface area (Å²) >= 11 is 0. The third-order valence-electron chi connectivity index (χ3n) is 5.23. The summed E-state index contributed by atoms with van der Waals surface area (Å²) in [6.45, 7) is 3.93. The van der Waals surface area contributed by atoms with Crippen molar-refractivity contribution in [3.63, 3.8) is 0 Å². The molecule has 1 aliphatic carbocycles. The van der Waals surface area contributed by atoms with Crippen molar-refractivity contribution in [3.05, 3.63) is 64.7 Å². The molecular weight excluding hydrogens is 372 g/mol. The van der Waals surface area contributed by atoms with Crippen LogP contribution < -0.4 is 10.0 Å². The molecule has 0 aliphatic heterocycles. The van der Waals surface area contributed by atoms with Crippen molar-refractivity contribution in [2.24, 2.45) is 0 Å². The van der Waals surface area contributed by atoms with E-state index in [2.05, 4.69) is 28.2 Å². The highest BCUT2D eigenvalue weighted by Crippen LogP contribution is 2.24. The summed E-state index contributed by atoms with van der Waals surface area (Å²) < 4.78 is 27.0. The van der Waals surface area contributed by atoms with Crippen molar-refractivity contribution in [2.45, 2.75) is 56.9 Å². The Morgan fingerprint density at radius 3 is 2.43 bits per heavy atom. The van der Waals surface area contributed by atoms with Gasteiger partial charge in [0, 0.05) is 13.0 Å². The van der Waals surface area contributed by atoms with Crippen LogP contribution >= 0.6 is 0 Å². The van der Waals surface area contributed by atoms with Gasteiger partial charge in [0.05, 0.1) is 10.9 Å². The van der Waals surface area contributed by atoms with Gasteiger partial charge in [-0.1, -0.05) is 35.9 Å². The van der Waals surface area contributed by atoms with Gasteiger partial charge in [-0.2, -0.15) is 0 Å². The molecular formula is C22H28N2O3S. The minimum Gasteiger partial charge on any atom is -0.350 e. The zero-order valence-electron chi connectivity index (χ0n) is 16.5. The van der Waals surface area contributed by atoms with Crippen molar-refractivity contribution < 1.29 is 13.2 Å². The number of fused-ring (bicyclic) bond motifs is 1. The smallest absolute Gasteiger partial charge is 0.240 e. The predicted molar refractivity (Wildman–Crippen MR) is 111 cm³/mol. The van der Waals surface area contributed by atoms with Crippen LogP contribution in [0.1, 0.15) is 54.5 Å². The Hall–Kier alpha value is -2.18. The number of hydrogen-bond acceptors (Lipinski definition) is 3. The lowest BCUT2D eigenvalue weighted by atomic mass is 9.89. The predicted octanol–water partition coefficient (Wildman–Crippen LogP) is 3.42. The van der Waals surface area contributed by atoms with Crippen LogP contribution in [0.25, 0.3) is 0 Å². The number of benzene rings is 2. The standard InChI is InChI=1S/C22H28N2O3S/c1-16-7-11-21(12-8-16)28(26,27)23-14-13-22(25)24-17(2)19-10-9-18-5-3-4-6-20(18)15-19/h7-12,15,17,23H,3-6,13-14H2,1-2H3,(H,24,25)/t17-/m0/s1. The fraction of sp³-hybridized carbons (Fsp3) is 0.409. The van der Waals surface area contributed by atoms with E-state index < -0.39 is 10.0 Å². The SMILES string of the molecule is Cc1ccc(S(=O)(=O)NCCC(=O)N[C@@H](C)c2ccc3c(c2)CCCC3)cc1. The topological polar surface area (TPSA) is 75.3 Å². The van der Waals surface area contributed by atoms with Crippen LogP contribution in [-0.2, 0) is 27.7 Å². The highest BCUT2D eigenvalue weighted by atomic mass is 32.2. The molecule has 0 saturated carbocycles. The van der Waals surface area contributed by atoms with Crippen molar-refractivity contribution >= 4 is 15.9 Å². The molecule has 5 nitrogen and oxygen atoms in total. The second-order valence-corrected chi connectivity index (χ2v) is 9.25. The highest BCUT2D eigenvalue weighted by Gasteiger charge is 2.16. The van der Waals surface area contributed by atoms with Crippen LogP contribution in [0, 0.1) is 6.92 Å². The number of sulfonamides is 1. The van der Waals surface area contributed by atoms with Gasteiger partial charge < -0.3 is 5.32 Å². The number of amides is 1. The molecule has 2 N–H and O–H groups in total. The molecule has 1 aliphatic rings. The monoisotopic (exact) mass is 400 g/mol. The average molecular weight is 401 g/mol. The maximum absolute atomic E-state index is 12.3. The molecule has 0 saturated heterocycles. The first-order valence-electron chi connectivity index (χ1n) is 9.82. The van der Waals surface area contributed by atoms with E-state index in [4.69, 9.17) is 0 Å². The summed E-state index contributed by atoms with van der Waals surface area (Å²) in [7, 11) is -3.59. The van der Waals surface area contributed by atoms with Gasteiger partial charge in [0.25, 0.3) is 0 Å². The first-order valence-corrected chi connectivity index (χ1v) is 11.3. The zero-order valence-corrected chi connectivity index (χ0v) is 17.3. The lowest BCUT2D eigenvalue weighted by molar-refractivity contribution is -0.121. The largest absolute Gasteiger partial charge is 0.350 e. The van der Waals surface area contributed by atoms with E-state index in [1.54, 1.807) is 24.3 Å². The molecule has 1 atom stereocenters. The van der Waals surface area contributed by atoms with Gasteiger partial charge >= 0.3 is 0 Å². The first kappa shape index (κ1) is 20.6. The summed E-state index contributed by atoms with van der Waals surface area (Å²) in [4.78, 5) is 12.4. The molecule has 2 aromatic carbocycles. The minimum absolute atomic E-state index is 0.0684. The van der Waals surface area contributed by atoms with E-state index >= 15 is 0 Å². The second-order valence-electron chi connectivity index (χ2n) is 7.49. The second kappa shape index (κ2) is 8.88. The Kier molecular flexibility index (Phi) is 6.52. The van der Waals surface area contributed by atoms with Crippen LogP contribution in [0.15, 0.2) is 47.4 Å². The van der Waals surface area contributed by atoms with Gasteiger partial charge in [0.1, 0.15) is 0 Å². The summed E-state index contributed by atoms with van der Waals surface area (Å²) in [5.41, 5.74) is 4.89. The van der Waals surface area contributed by atoms with E-state index in [1.165, 1.54) is 24.0 Å². The Labute approximate surface area is 167 Å². The lowest BCUT2D eigenvalue weighted by Crippen LogP contribution is -2.32. The third kappa shape index (κ3) is 5.20. The fourth-order valence-electron chi connectivity index (χ4n) is 3.52. The van der Waals surface area contributed by atoms with Gasteiger partial charge in [0.15, 0.2) is 0 Å². The van der Waals surface area contributed by atoms with Crippen LogP contribution in [0.3, 0.4) is 0 Å². The maximum atomic E-state index is 12.3. The van der Waals surface area contributed by atoms with Gasteiger partial charge in [0.2, 0.25) is 15.9 Å². The zero-order chi connectivity index (χ0) is 20.1. The van der Waals surface area contributed by atoms with Crippen molar-refractivity contribution in [1.82, 2.24) is 10.0 Å². The van der Waals surface area contributed by atoms with Gasteiger partial charge in [-0.05, 0) is 68.4 Å². The van der Waals surface area contributed by atoms with E-state index in [9.17, 15) is 13.2 Å². The van der Waals surface area contributed by atoms with E-state index in [0.717, 1.165) is 24.0 Å². The Morgan fingerprint density at radius 2 is 1.71 bits per heavy atom. The van der Waals surface area contributed by atoms with Gasteiger partial charge in [-0.25, -0.2) is 13.1 Å². The first-order chi connectivity index (χ1) is 13.3. The summed E-state index contributed by atoms with van der Waals surface area (Å²) in [5.74, 6) is -0.170. The molecule has 0 unspecified atom stereocenters. The molecule has 0 heterocycles. The van der Waals surface area contributed by atoms with E-state index in [-0.39, 0.29) is 29.8 Å². The van der Waals surface area contributed by atoms with Crippen LogP contribution in [0.5, 0.6) is 0 Å². The van der Waals surface area contributed by atoms with Crippen molar-refractivity contribution in [2.75, 3.05) is 6.54 Å². The van der Waals surface area contributed by atoms with Crippen LogP contribution in [-0.4, -0.2) is 20.9 Å². The molecule has 0 aromatic heterocycles. The quantitative estimate of drug-likeness (QED) is 0.748. The summed E-state index contributed by atoms with van der Waals surface area (Å²) in [5, 5.41) is 2.96. The molecule has 2 aromatic rings. The number of aryl methyl sites for hydroxylation is 3. The molecule has 150 valence electrons. The molecule has 0 radical (unpaired) electrons. The van der Waals surface area contributed by atoms with Crippen LogP contribution in [0.2, 0.25) is 0 Å². The Morgan fingerprint density at radius 1 is 1.04 bits per heavy atom. The normalized spacial score (nSPS) is 14.9. The molecule has 0 spiro atoms. The molecule has 6 heteroatoms. The third-order valence-corrected chi connectivity index (χ3v) is 6.70. The van der Waals surface area contributed by atoms with Gasteiger partial charge in [-0.3, -0.25) is 4.79 Å². The summed E-state index contributed by atoms with van der Waals surface area (Å²) in [6, 6.07) is 13.0. The van der Waals surface area contributed by atoms with Crippen molar-refractivity contribution in [1.29, 1.82) is 0 Å². The molecule has 0 fully saturated rings. The minimum atomic E-state index is -3.59. The lowest BCUT2D eigenvalue weighted by Gasteiger charge is -2.20. The fourth-order valence-corrected chi connectivity index (χ4v) is 4.55. The highest BCUT2D eigenvalue weighted by molar-refractivity contribution is 7.89. The number of rotatable bonds is 7.